The highest BCUT2D eigenvalue weighted by Gasteiger charge is 2.17. The summed E-state index contributed by atoms with van der Waals surface area (Å²) in [6.07, 6.45) is 4.13. The lowest BCUT2D eigenvalue weighted by Gasteiger charge is -2.05. The van der Waals surface area contributed by atoms with E-state index in [1.807, 2.05) is 24.3 Å². The van der Waals surface area contributed by atoms with Gasteiger partial charge in [-0.15, -0.1) is 0 Å². The normalized spacial score (nSPS) is 10.3. The zero-order valence-electron chi connectivity index (χ0n) is 8.74. The van der Waals surface area contributed by atoms with Crippen LogP contribution >= 0.6 is 0 Å². The van der Waals surface area contributed by atoms with Crippen LogP contribution in [0.5, 0.6) is 5.75 Å². The second kappa shape index (κ2) is 5.05. The summed E-state index contributed by atoms with van der Waals surface area (Å²) >= 11 is 0. The van der Waals surface area contributed by atoms with Crippen LogP contribution in [0.2, 0.25) is 0 Å². The van der Waals surface area contributed by atoms with Crippen LogP contribution in [0, 0.1) is 0 Å². The summed E-state index contributed by atoms with van der Waals surface area (Å²) in [6, 6.07) is 7.36. The van der Waals surface area contributed by atoms with Crippen LogP contribution < -0.4 is 4.74 Å². The Morgan fingerprint density at radius 1 is 1.36 bits per heavy atom. The number of rotatable bonds is 4. The minimum atomic E-state index is 0.139. The molecular weight excluding hydrogens is 196 g/mol. The second-order valence-corrected chi connectivity index (χ2v) is 5.51. The molecule has 3 heteroatoms. The fourth-order valence-electron chi connectivity index (χ4n) is 1.21. The van der Waals surface area contributed by atoms with E-state index < -0.39 is 0 Å². The molecule has 76 valence electrons. The molecular formula is C11H15O2S+. The van der Waals surface area contributed by atoms with Crippen molar-refractivity contribution in [3.63, 3.8) is 0 Å². The molecule has 0 unspecified atom stereocenters. The van der Waals surface area contributed by atoms with E-state index in [0.29, 0.717) is 17.1 Å². The molecule has 1 rings (SSSR count). The minimum Gasteiger partial charge on any atom is -0.496 e. The number of carbonyl (C=O) groups excluding carboxylic acids is 1. The Kier molecular flexibility index (Phi) is 4.01. The van der Waals surface area contributed by atoms with Gasteiger partial charge in [0.25, 0.3) is 0 Å². The molecule has 2 nitrogen and oxygen atoms in total. The molecule has 0 aliphatic carbocycles. The summed E-state index contributed by atoms with van der Waals surface area (Å²) in [5, 5.41) is 0. The standard InChI is InChI=1S/C11H15O2S/c1-13-11-7-5-4-6-9(11)10(12)8-14(2)3/h4-7H,8H2,1-3H3/q+1. The van der Waals surface area contributed by atoms with Crippen LogP contribution in [0.1, 0.15) is 10.4 Å². The van der Waals surface area contributed by atoms with Crippen molar-refractivity contribution in [2.45, 2.75) is 0 Å². The summed E-state index contributed by atoms with van der Waals surface area (Å²) in [5.41, 5.74) is 0.691. The number of hydrogen-bond donors (Lipinski definition) is 0. The molecule has 0 bridgehead atoms. The van der Waals surface area contributed by atoms with Crippen molar-refractivity contribution in [2.75, 3.05) is 25.4 Å². The molecule has 1 aromatic carbocycles. The SMILES string of the molecule is COc1ccccc1C(=O)C[S+](C)C. The van der Waals surface area contributed by atoms with Crippen molar-refractivity contribution in [3.05, 3.63) is 29.8 Å². The smallest absolute Gasteiger partial charge is 0.215 e. The maximum Gasteiger partial charge on any atom is 0.215 e. The predicted molar refractivity (Wildman–Crippen MR) is 61.4 cm³/mol. The molecule has 0 atom stereocenters. The van der Waals surface area contributed by atoms with Gasteiger partial charge in [0.15, 0.2) is 5.75 Å². The van der Waals surface area contributed by atoms with Gasteiger partial charge < -0.3 is 4.74 Å². The van der Waals surface area contributed by atoms with Gasteiger partial charge in [-0.3, -0.25) is 4.79 Å². The Hall–Kier alpha value is -0.960. The molecule has 0 N–H and O–H groups in total. The lowest BCUT2D eigenvalue weighted by molar-refractivity contribution is 0.101. The third-order valence-electron chi connectivity index (χ3n) is 1.83. The Bertz CT molecular complexity index is 321. The summed E-state index contributed by atoms with van der Waals surface area (Å²) in [6.45, 7) is 0. The predicted octanol–water partition coefficient (Wildman–Crippen LogP) is 1.76. The largest absolute Gasteiger partial charge is 0.496 e. The zero-order valence-corrected chi connectivity index (χ0v) is 9.56. The van der Waals surface area contributed by atoms with Crippen LogP contribution in [-0.4, -0.2) is 31.2 Å². The molecule has 14 heavy (non-hydrogen) atoms. The molecule has 0 amide bonds. The fraction of sp³-hybridized carbons (Fsp3) is 0.364. The van der Waals surface area contributed by atoms with Crippen molar-refractivity contribution in [3.8, 4) is 5.75 Å². The van der Waals surface area contributed by atoms with E-state index in [2.05, 4.69) is 12.5 Å². The molecule has 0 aromatic heterocycles. The van der Waals surface area contributed by atoms with Crippen molar-refractivity contribution >= 4 is 16.7 Å². The van der Waals surface area contributed by atoms with Gasteiger partial charge in [-0.1, -0.05) is 12.1 Å². The maximum absolute atomic E-state index is 11.8. The number of hydrogen-bond acceptors (Lipinski definition) is 2. The second-order valence-electron chi connectivity index (χ2n) is 3.25. The van der Waals surface area contributed by atoms with Crippen molar-refractivity contribution < 1.29 is 9.53 Å². The Morgan fingerprint density at radius 2 is 2.00 bits per heavy atom. The lowest BCUT2D eigenvalue weighted by atomic mass is 10.1. The number of methoxy groups -OCH3 is 1. The van der Waals surface area contributed by atoms with Crippen LogP contribution in [0.3, 0.4) is 0 Å². The van der Waals surface area contributed by atoms with E-state index in [9.17, 15) is 4.79 Å². The highest BCUT2D eigenvalue weighted by atomic mass is 32.2. The molecule has 0 fully saturated rings. The van der Waals surface area contributed by atoms with Crippen LogP contribution in [-0.2, 0) is 10.9 Å². The highest BCUT2D eigenvalue weighted by Crippen LogP contribution is 2.18. The van der Waals surface area contributed by atoms with Gasteiger partial charge in [0, 0.05) is 0 Å². The Labute approximate surface area is 87.6 Å². The first kappa shape index (κ1) is 11.1. The van der Waals surface area contributed by atoms with E-state index in [-0.39, 0.29) is 16.7 Å². The first-order chi connectivity index (χ1) is 6.65. The van der Waals surface area contributed by atoms with Crippen molar-refractivity contribution in [2.24, 2.45) is 0 Å². The van der Waals surface area contributed by atoms with Gasteiger partial charge in [-0.2, -0.15) is 0 Å². The van der Waals surface area contributed by atoms with Gasteiger partial charge in [0.2, 0.25) is 5.78 Å². The highest BCUT2D eigenvalue weighted by molar-refractivity contribution is 7.96. The third-order valence-corrected chi connectivity index (χ3v) is 2.67. The van der Waals surface area contributed by atoms with Crippen LogP contribution in [0.15, 0.2) is 24.3 Å². The lowest BCUT2D eigenvalue weighted by Crippen LogP contribution is -2.14. The monoisotopic (exact) mass is 211 g/mol. The fourth-order valence-corrected chi connectivity index (χ4v) is 1.89. The van der Waals surface area contributed by atoms with E-state index >= 15 is 0 Å². The number of ether oxygens (including phenoxy) is 1. The topological polar surface area (TPSA) is 26.3 Å². The summed E-state index contributed by atoms with van der Waals surface area (Å²) in [7, 11) is 1.73. The first-order valence-electron chi connectivity index (χ1n) is 4.35. The molecule has 0 spiro atoms. The number of benzene rings is 1. The number of ketones is 1. The van der Waals surface area contributed by atoms with Gasteiger partial charge >= 0.3 is 0 Å². The minimum absolute atomic E-state index is 0.139. The van der Waals surface area contributed by atoms with Gasteiger partial charge in [-0.25, -0.2) is 0 Å². The molecule has 1 aromatic rings. The summed E-state index contributed by atoms with van der Waals surface area (Å²) in [5.74, 6) is 1.43. The van der Waals surface area contributed by atoms with E-state index in [0.717, 1.165) is 0 Å². The molecule has 0 saturated heterocycles. The molecule has 0 saturated carbocycles. The van der Waals surface area contributed by atoms with Gasteiger partial charge in [-0.05, 0) is 23.0 Å². The third kappa shape index (κ3) is 2.77. The van der Waals surface area contributed by atoms with Crippen LogP contribution in [0.4, 0.5) is 0 Å². The maximum atomic E-state index is 11.8. The van der Waals surface area contributed by atoms with E-state index in [4.69, 9.17) is 4.74 Å². The molecule has 0 radical (unpaired) electrons. The van der Waals surface area contributed by atoms with Crippen molar-refractivity contribution in [1.82, 2.24) is 0 Å². The number of para-hydroxylation sites is 1. The van der Waals surface area contributed by atoms with Crippen LogP contribution in [0.25, 0.3) is 0 Å². The quantitative estimate of drug-likeness (QED) is 0.560. The Balaban J connectivity index is 2.88. The van der Waals surface area contributed by atoms with E-state index in [1.165, 1.54) is 0 Å². The van der Waals surface area contributed by atoms with Gasteiger partial charge in [0.1, 0.15) is 5.75 Å². The summed E-state index contributed by atoms with van der Waals surface area (Å²) < 4.78 is 5.13. The zero-order chi connectivity index (χ0) is 10.6. The first-order valence-corrected chi connectivity index (χ1v) is 6.56. The molecule has 0 heterocycles. The Morgan fingerprint density at radius 3 is 2.57 bits per heavy atom. The van der Waals surface area contributed by atoms with Gasteiger partial charge in [0.05, 0.1) is 25.2 Å². The van der Waals surface area contributed by atoms with Crippen molar-refractivity contribution in [1.29, 1.82) is 0 Å². The number of carbonyl (C=O) groups is 1. The summed E-state index contributed by atoms with van der Waals surface area (Å²) in [4.78, 5) is 11.8. The molecule has 0 aliphatic heterocycles. The molecule has 0 aliphatic rings. The average molecular weight is 211 g/mol. The van der Waals surface area contributed by atoms with E-state index in [1.54, 1.807) is 7.11 Å². The average Bonchev–Trinajstić information content (AvgIpc) is 2.16. The number of Topliss-reactive ketones (excluding diaryl/α,β-unsaturated/α-hetero) is 1.